The van der Waals surface area contributed by atoms with E-state index in [9.17, 15) is 18.0 Å². The van der Waals surface area contributed by atoms with Crippen LogP contribution in [0.4, 0.5) is 18.3 Å². The molecule has 2 rings (SSSR count). The number of nitrogens with zero attached hydrogens (tertiary/aromatic N) is 2. The Balaban J connectivity index is 2.20. The van der Waals surface area contributed by atoms with Gasteiger partial charge in [0.25, 0.3) is 0 Å². The molecule has 0 atom stereocenters. The monoisotopic (exact) mass is 264 g/mol. The van der Waals surface area contributed by atoms with Crippen LogP contribution in [-0.4, -0.2) is 30.5 Å². The van der Waals surface area contributed by atoms with Crippen molar-refractivity contribution in [2.24, 2.45) is 0 Å². The Morgan fingerprint density at radius 2 is 2.12 bits per heavy atom. The Labute approximate surface area is 100 Å². The summed E-state index contributed by atoms with van der Waals surface area (Å²) in [7, 11) is 1.34. The van der Waals surface area contributed by atoms with Gasteiger partial charge in [0.1, 0.15) is 6.54 Å². The molecule has 0 aliphatic heterocycles. The van der Waals surface area contributed by atoms with Gasteiger partial charge in [-0.2, -0.15) is 13.2 Å². The first-order chi connectivity index (χ1) is 7.87. The van der Waals surface area contributed by atoms with Crippen LogP contribution in [0.15, 0.2) is 0 Å². The van der Waals surface area contributed by atoms with Crippen molar-refractivity contribution < 1.29 is 18.0 Å². The average molecular weight is 264 g/mol. The highest BCUT2D eigenvalue weighted by atomic mass is 32.1. The minimum Gasteiger partial charge on any atom is -0.342 e. The molecule has 0 spiro atoms. The highest BCUT2D eigenvalue weighted by Gasteiger charge is 2.31. The van der Waals surface area contributed by atoms with Crippen molar-refractivity contribution in [1.29, 1.82) is 0 Å². The molecule has 1 aliphatic carbocycles. The lowest BCUT2D eigenvalue weighted by Crippen LogP contribution is -2.30. The van der Waals surface area contributed by atoms with Crippen LogP contribution in [0.2, 0.25) is 0 Å². The van der Waals surface area contributed by atoms with Gasteiger partial charge in [0, 0.05) is 13.5 Å². The zero-order valence-corrected chi connectivity index (χ0v) is 9.99. The summed E-state index contributed by atoms with van der Waals surface area (Å²) in [6, 6.07) is 0. The van der Waals surface area contributed by atoms with Crippen molar-refractivity contribution in [3.05, 3.63) is 10.6 Å². The summed E-state index contributed by atoms with van der Waals surface area (Å²) < 4.78 is 36.7. The van der Waals surface area contributed by atoms with E-state index in [-0.39, 0.29) is 10.9 Å². The summed E-state index contributed by atoms with van der Waals surface area (Å²) in [4.78, 5) is 17.2. The number of halogens is 3. The Bertz CT molecular complexity index is 441. The lowest BCUT2D eigenvalue weighted by molar-refractivity contribution is -0.119. The quantitative estimate of drug-likeness (QED) is 0.823. The molecule has 1 aliphatic rings. The van der Waals surface area contributed by atoms with Crippen molar-refractivity contribution in [3.63, 3.8) is 0 Å². The second-order valence-electron chi connectivity index (χ2n) is 4.02. The standard InChI is InChI=1S/C10H11F3N2OS/c1-15(5-10(11,12)13)9-14-6-3-2-4-7(16)8(6)17-9/h2-5H2,1H3. The molecule has 0 fully saturated rings. The molecule has 0 amide bonds. The predicted molar refractivity (Wildman–Crippen MR) is 58.7 cm³/mol. The van der Waals surface area contributed by atoms with Crippen molar-refractivity contribution in [2.45, 2.75) is 25.4 Å². The van der Waals surface area contributed by atoms with Crippen LogP contribution in [0.5, 0.6) is 0 Å². The zero-order chi connectivity index (χ0) is 12.6. The number of rotatable bonds is 2. The molecule has 0 bridgehead atoms. The summed E-state index contributed by atoms with van der Waals surface area (Å²) in [5.41, 5.74) is 0.648. The summed E-state index contributed by atoms with van der Waals surface area (Å²) >= 11 is 1.06. The van der Waals surface area contributed by atoms with Gasteiger partial charge in [0.2, 0.25) is 0 Å². The maximum Gasteiger partial charge on any atom is 0.405 e. The maximum atomic E-state index is 12.2. The summed E-state index contributed by atoms with van der Waals surface area (Å²) in [5.74, 6) is -0.00425. The fraction of sp³-hybridized carbons (Fsp3) is 0.600. The van der Waals surface area contributed by atoms with Gasteiger partial charge in [0.05, 0.1) is 10.6 Å². The van der Waals surface area contributed by atoms with E-state index >= 15 is 0 Å². The summed E-state index contributed by atoms with van der Waals surface area (Å²) in [5, 5.41) is 0.266. The first kappa shape index (κ1) is 12.3. The molecule has 0 saturated heterocycles. The Morgan fingerprint density at radius 3 is 2.71 bits per heavy atom. The van der Waals surface area contributed by atoms with Gasteiger partial charge in [-0.05, 0) is 12.8 Å². The second kappa shape index (κ2) is 4.29. The van der Waals surface area contributed by atoms with Crippen molar-refractivity contribution in [1.82, 2.24) is 4.98 Å². The molecule has 0 N–H and O–H groups in total. The molecule has 0 radical (unpaired) electrons. The van der Waals surface area contributed by atoms with Crippen LogP contribution >= 0.6 is 11.3 Å². The maximum absolute atomic E-state index is 12.2. The van der Waals surface area contributed by atoms with Gasteiger partial charge in [-0.1, -0.05) is 11.3 Å². The number of alkyl halides is 3. The van der Waals surface area contributed by atoms with E-state index in [2.05, 4.69) is 4.98 Å². The lowest BCUT2D eigenvalue weighted by atomic mass is 10.0. The van der Waals surface area contributed by atoms with Crippen molar-refractivity contribution in [3.8, 4) is 0 Å². The molecule has 0 unspecified atom stereocenters. The van der Waals surface area contributed by atoms with E-state index < -0.39 is 12.7 Å². The molecule has 1 heterocycles. The molecule has 1 aromatic rings. The van der Waals surface area contributed by atoms with E-state index in [1.807, 2.05) is 0 Å². The Morgan fingerprint density at radius 1 is 1.41 bits per heavy atom. The largest absolute Gasteiger partial charge is 0.405 e. The number of anilines is 1. The number of Topliss-reactive ketones (excluding diaryl/α,β-unsaturated/α-hetero) is 1. The molecule has 3 nitrogen and oxygen atoms in total. The number of fused-ring (bicyclic) bond motifs is 1. The van der Waals surface area contributed by atoms with Gasteiger partial charge in [0.15, 0.2) is 10.9 Å². The first-order valence-corrected chi connectivity index (χ1v) is 5.99. The highest BCUT2D eigenvalue weighted by Crippen LogP contribution is 2.32. The van der Waals surface area contributed by atoms with Crippen molar-refractivity contribution >= 4 is 22.3 Å². The smallest absolute Gasteiger partial charge is 0.342 e. The lowest BCUT2D eigenvalue weighted by Gasteiger charge is -2.17. The van der Waals surface area contributed by atoms with E-state index in [0.29, 0.717) is 23.4 Å². The summed E-state index contributed by atoms with van der Waals surface area (Å²) in [6.07, 6.45) is -2.38. The molecule has 94 valence electrons. The van der Waals surface area contributed by atoms with Gasteiger partial charge >= 0.3 is 6.18 Å². The van der Waals surface area contributed by atoms with Crippen molar-refractivity contribution in [2.75, 3.05) is 18.5 Å². The van der Waals surface area contributed by atoms with Gasteiger partial charge in [-0.25, -0.2) is 4.98 Å². The van der Waals surface area contributed by atoms with E-state index in [4.69, 9.17) is 0 Å². The third-order valence-corrected chi connectivity index (χ3v) is 3.75. The fourth-order valence-corrected chi connectivity index (χ4v) is 2.80. The third-order valence-electron chi connectivity index (χ3n) is 2.50. The molecular formula is C10H11F3N2OS. The van der Waals surface area contributed by atoms with E-state index in [1.165, 1.54) is 7.05 Å². The third kappa shape index (κ3) is 2.77. The van der Waals surface area contributed by atoms with Crippen LogP contribution in [0.25, 0.3) is 0 Å². The number of aryl methyl sites for hydroxylation is 1. The molecule has 7 heteroatoms. The number of ketones is 1. The van der Waals surface area contributed by atoms with Gasteiger partial charge < -0.3 is 4.90 Å². The molecular weight excluding hydrogens is 253 g/mol. The normalized spacial score (nSPS) is 15.9. The number of thiazole rings is 1. The SMILES string of the molecule is CN(CC(F)(F)F)c1nc2c(s1)C(=O)CCC2. The average Bonchev–Trinajstić information content (AvgIpc) is 2.60. The fourth-order valence-electron chi connectivity index (χ4n) is 1.76. The number of hydrogen-bond acceptors (Lipinski definition) is 4. The minimum atomic E-state index is -4.26. The van der Waals surface area contributed by atoms with E-state index in [0.717, 1.165) is 22.7 Å². The van der Waals surface area contributed by atoms with Crippen LogP contribution in [0.3, 0.4) is 0 Å². The predicted octanol–water partition coefficient (Wildman–Crippen LogP) is 2.66. The van der Waals surface area contributed by atoms with E-state index in [1.54, 1.807) is 0 Å². The van der Waals surface area contributed by atoms with Crippen LogP contribution in [0.1, 0.15) is 28.2 Å². The first-order valence-electron chi connectivity index (χ1n) is 5.17. The molecule has 17 heavy (non-hydrogen) atoms. The van der Waals surface area contributed by atoms with Gasteiger partial charge in [-0.15, -0.1) is 0 Å². The van der Waals surface area contributed by atoms with Crippen LogP contribution in [0, 0.1) is 0 Å². The number of aromatic nitrogens is 1. The molecule has 1 aromatic heterocycles. The zero-order valence-electron chi connectivity index (χ0n) is 9.17. The topological polar surface area (TPSA) is 33.2 Å². The van der Waals surface area contributed by atoms with Gasteiger partial charge in [-0.3, -0.25) is 4.79 Å². The molecule has 0 aromatic carbocycles. The summed E-state index contributed by atoms with van der Waals surface area (Å²) in [6.45, 7) is -1.05. The highest BCUT2D eigenvalue weighted by molar-refractivity contribution is 7.17. The second-order valence-corrected chi connectivity index (χ2v) is 5.00. The minimum absolute atomic E-state index is 0.00425. The number of hydrogen-bond donors (Lipinski definition) is 0. The Hall–Kier alpha value is -1.11. The van der Waals surface area contributed by atoms with Crippen LogP contribution in [-0.2, 0) is 6.42 Å². The Kier molecular flexibility index (Phi) is 3.11. The van der Waals surface area contributed by atoms with Crippen LogP contribution < -0.4 is 4.90 Å². The number of carbonyl (C=O) groups is 1. The number of carbonyl (C=O) groups excluding carboxylic acids is 1. The molecule has 0 saturated carbocycles.